The second-order valence-corrected chi connectivity index (χ2v) is 5.47. The number of nitrogens with zero attached hydrogens (tertiary/aromatic N) is 3. The van der Waals surface area contributed by atoms with Crippen molar-refractivity contribution in [3.63, 3.8) is 0 Å². The Morgan fingerprint density at radius 1 is 1.47 bits per heavy atom. The number of hydrogen-bond donors (Lipinski definition) is 1. The van der Waals surface area contributed by atoms with Crippen molar-refractivity contribution < 1.29 is 14.4 Å². The lowest BCUT2D eigenvalue weighted by Gasteiger charge is -2.27. The second kappa shape index (κ2) is 6.64. The Balaban J connectivity index is 2.79. The predicted molar refractivity (Wildman–Crippen MR) is 68.1 cm³/mol. The fourth-order valence-corrected chi connectivity index (χ4v) is 1.72. The van der Waals surface area contributed by atoms with E-state index < -0.39 is 6.10 Å². The van der Waals surface area contributed by atoms with Crippen LogP contribution in [0.5, 0.6) is 0 Å². The van der Waals surface area contributed by atoms with Gasteiger partial charge in [0.05, 0.1) is 25.0 Å². The average Bonchev–Trinajstić information content (AvgIpc) is 2.72. The van der Waals surface area contributed by atoms with E-state index in [4.69, 9.17) is 14.5 Å². The first-order valence-electron chi connectivity index (χ1n) is 6.37. The van der Waals surface area contributed by atoms with Crippen LogP contribution in [-0.4, -0.2) is 28.0 Å². The Bertz CT molecular complexity index is 431. The van der Waals surface area contributed by atoms with Crippen LogP contribution in [0, 0.1) is 16.7 Å². The molecule has 1 aromatic rings. The Kier molecular flexibility index (Phi) is 5.45. The van der Waals surface area contributed by atoms with E-state index in [9.17, 15) is 5.11 Å². The Hall–Kier alpha value is -1.45. The number of ether oxygens (including phenoxy) is 1. The summed E-state index contributed by atoms with van der Waals surface area (Å²) in [5.74, 6) is 0.806. The van der Waals surface area contributed by atoms with Crippen molar-refractivity contribution in [2.45, 2.75) is 52.7 Å². The molecule has 0 saturated heterocycles. The number of nitriles is 1. The third-order valence-electron chi connectivity index (χ3n) is 2.58. The lowest BCUT2D eigenvalue weighted by Crippen LogP contribution is -2.22. The first-order chi connectivity index (χ1) is 8.88. The normalized spacial score (nSPS) is 14.9. The summed E-state index contributed by atoms with van der Waals surface area (Å²) in [7, 11) is 0. The number of aliphatic hydroxyl groups is 1. The highest BCUT2D eigenvalue weighted by Gasteiger charge is 2.31. The van der Waals surface area contributed by atoms with Crippen LogP contribution in [0.1, 0.15) is 51.9 Å². The van der Waals surface area contributed by atoms with Crippen molar-refractivity contribution in [1.82, 2.24) is 10.1 Å². The van der Waals surface area contributed by atoms with Crippen LogP contribution in [-0.2, 0) is 11.2 Å². The zero-order valence-electron chi connectivity index (χ0n) is 11.9. The van der Waals surface area contributed by atoms with Crippen molar-refractivity contribution in [1.29, 1.82) is 5.26 Å². The molecule has 1 N–H and O–H groups in total. The Morgan fingerprint density at radius 3 is 2.68 bits per heavy atom. The standard InChI is InChI=1S/C13H21N3O3/c1-5-18-11(13(2,3)4)12-15-10(19-16-12)8-9(17)6-7-14/h9,11,17H,5-6,8H2,1-4H3. The molecular weight excluding hydrogens is 246 g/mol. The zero-order chi connectivity index (χ0) is 14.5. The molecule has 0 aliphatic carbocycles. The number of aliphatic hydroxyl groups excluding tert-OH is 1. The van der Waals surface area contributed by atoms with Gasteiger partial charge in [0.1, 0.15) is 6.10 Å². The zero-order valence-corrected chi connectivity index (χ0v) is 11.9. The van der Waals surface area contributed by atoms with Crippen molar-refractivity contribution in [3.05, 3.63) is 11.7 Å². The van der Waals surface area contributed by atoms with Crippen LogP contribution in [0.3, 0.4) is 0 Å². The number of rotatable bonds is 6. The lowest BCUT2D eigenvalue weighted by molar-refractivity contribution is -0.0203. The van der Waals surface area contributed by atoms with Gasteiger partial charge in [0.2, 0.25) is 11.7 Å². The predicted octanol–water partition coefficient (Wildman–Crippen LogP) is 2.01. The van der Waals surface area contributed by atoms with Gasteiger partial charge in [-0.1, -0.05) is 25.9 Å². The summed E-state index contributed by atoms with van der Waals surface area (Å²) in [6, 6.07) is 1.90. The van der Waals surface area contributed by atoms with Gasteiger partial charge >= 0.3 is 0 Å². The van der Waals surface area contributed by atoms with Gasteiger partial charge in [0.15, 0.2) is 0 Å². The summed E-state index contributed by atoms with van der Waals surface area (Å²) < 4.78 is 10.8. The maximum absolute atomic E-state index is 9.53. The van der Waals surface area contributed by atoms with Gasteiger partial charge in [-0.15, -0.1) is 0 Å². The van der Waals surface area contributed by atoms with Crippen molar-refractivity contribution >= 4 is 0 Å². The molecule has 0 aliphatic rings. The minimum absolute atomic E-state index is 0.0475. The third-order valence-corrected chi connectivity index (χ3v) is 2.58. The highest BCUT2D eigenvalue weighted by molar-refractivity contribution is 4.97. The molecular formula is C13H21N3O3. The largest absolute Gasteiger partial charge is 0.392 e. The van der Waals surface area contributed by atoms with E-state index in [2.05, 4.69) is 10.1 Å². The van der Waals surface area contributed by atoms with E-state index in [1.54, 1.807) is 0 Å². The highest BCUT2D eigenvalue weighted by Crippen LogP contribution is 2.34. The van der Waals surface area contributed by atoms with Gasteiger partial charge in [0, 0.05) is 6.61 Å². The SMILES string of the molecule is CCOC(c1noc(CC(O)CC#N)n1)C(C)(C)C. The fourth-order valence-electron chi connectivity index (χ4n) is 1.72. The van der Waals surface area contributed by atoms with Crippen LogP contribution in [0.25, 0.3) is 0 Å². The van der Waals surface area contributed by atoms with Crippen LogP contribution in [0.4, 0.5) is 0 Å². The molecule has 0 amide bonds. The van der Waals surface area contributed by atoms with Gasteiger partial charge < -0.3 is 14.4 Å². The van der Waals surface area contributed by atoms with E-state index in [0.717, 1.165) is 0 Å². The second-order valence-electron chi connectivity index (χ2n) is 5.47. The lowest BCUT2D eigenvalue weighted by atomic mass is 9.88. The van der Waals surface area contributed by atoms with Crippen LogP contribution in [0.15, 0.2) is 4.52 Å². The summed E-state index contributed by atoms with van der Waals surface area (Å²) in [5, 5.41) is 21.9. The molecule has 0 aromatic carbocycles. The summed E-state index contributed by atoms with van der Waals surface area (Å²) in [4.78, 5) is 4.25. The number of aromatic nitrogens is 2. The molecule has 0 spiro atoms. The highest BCUT2D eigenvalue weighted by atomic mass is 16.5. The monoisotopic (exact) mass is 267 g/mol. The maximum atomic E-state index is 9.53. The topological polar surface area (TPSA) is 92.2 Å². The Labute approximate surface area is 113 Å². The van der Waals surface area contributed by atoms with Gasteiger partial charge in [-0.2, -0.15) is 10.2 Å². The minimum atomic E-state index is -0.779. The van der Waals surface area contributed by atoms with Gasteiger partial charge in [-0.25, -0.2) is 0 Å². The van der Waals surface area contributed by atoms with Crippen molar-refractivity contribution in [2.75, 3.05) is 6.61 Å². The molecule has 0 fully saturated rings. The third kappa shape index (κ3) is 4.62. The number of hydrogen-bond acceptors (Lipinski definition) is 6. The van der Waals surface area contributed by atoms with Gasteiger partial charge in [-0.3, -0.25) is 0 Å². The molecule has 2 atom stereocenters. The van der Waals surface area contributed by atoms with Crippen molar-refractivity contribution in [3.8, 4) is 6.07 Å². The first-order valence-corrected chi connectivity index (χ1v) is 6.37. The average molecular weight is 267 g/mol. The molecule has 19 heavy (non-hydrogen) atoms. The van der Waals surface area contributed by atoms with Crippen LogP contribution >= 0.6 is 0 Å². The van der Waals surface area contributed by atoms with Crippen molar-refractivity contribution in [2.24, 2.45) is 5.41 Å². The molecule has 1 rings (SSSR count). The minimum Gasteiger partial charge on any atom is -0.392 e. The Morgan fingerprint density at radius 2 is 2.16 bits per heavy atom. The van der Waals surface area contributed by atoms with Gasteiger partial charge in [0.25, 0.3) is 0 Å². The fraction of sp³-hybridized carbons (Fsp3) is 0.769. The maximum Gasteiger partial charge on any atom is 0.229 e. The molecule has 0 saturated carbocycles. The summed E-state index contributed by atoms with van der Waals surface area (Å²) in [5.41, 5.74) is -0.150. The molecule has 0 radical (unpaired) electrons. The molecule has 6 nitrogen and oxygen atoms in total. The van der Waals surface area contributed by atoms with Gasteiger partial charge in [-0.05, 0) is 12.3 Å². The van der Waals surface area contributed by atoms with Crippen LogP contribution < -0.4 is 0 Å². The van der Waals surface area contributed by atoms with E-state index >= 15 is 0 Å². The molecule has 106 valence electrons. The molecule has 1 aromatic heterocycles. The van der Waals surface area contributed by atoms with E-state index in [0.29, 0.717) is 18.3 Å². The van der Waals surface area contributed by atoms with E-state index in [1.165, 1.54) is 0 Å². The molecule has 0 bridgehead atoms. The summed E-state index contributed by atoms with van der Waals surface area (Å²) in [6.45, 7) is 8.58. The molecule has 0 aliphatic heterocycles. The van der Waals surface area contributed by atoms with E-state index in [-0.39, 0.29) is 24.4 Å². The van der Waals surface area contributed by atoms with E-state index in [1.807, 2.05) is 33.8 Å². The molecule has 6 heteroatoms. The first kappa shape index (κ1) is 15.6. The summed E-state index contributed by atoms with van der Waals surface area (Å²) >= 11 is 0. The smallest absolute Gasteiger partial charge is 0.229 e. The molecule has 1 heterocycles. The summed E-state index contributed by atoms with van der Waals surface area (Å²) in [6.07, 6.45) is -0.809. The molecule has 2 unspecified atom stereocenters. The quantitative estimate of drug-likeness (QED) is 0.847. The van der Waals surface area contributed by atoms with Crippen LogP contribution in [0.2, 0.25) is 0 Å².